The summed E-state index contributed by atoms with van der Waals surface area (Å²) >= 11 is 0. The van der Waals surface area contributed by atoms with Crippen LogP contribution in [0.15, 0.2) is 97.1 Å². The molecular formula is C33H35FN2O2. The van der Waals surface area contributed by atoms with Crippen LogP contribution in [0.1, 0.15) is 37.0 Å². The average Bonchev–Trinajstić information content (AvgIpc) is 2.93. The number of hydrogen-bond acceptors (Lipinski definition) is 2. The van der Waals surface area contributed by atoms with Crippen LogP contribution in [0.2, 0.25) is 0 Å². The summed E-state index contributed by atoms with van der Waals surface area (Å²) in [4.78, 5) is 29.1. The lowest BCUT2D eigenvalue weighted by Crippen LogP contribution is -2.51. The Morgan fingerprint density at radius 1 is 0.816 bits per heavy atom. The fourth-order valence-electron chi connectivity index (χ4n) is 4.66. The van der Waals surface area contributed by atoms with Gasteiger partial charge in [-0.25, -0.2) is 4.39 Å². The molecule has 0 aromatic heterocycles. The van der Waals surface area contributed by atoms with Gasteiger partial charge in [0.2, 0.25) is 11.8 Å². The minimum absolute atomic E-state index is 0.108. The van der Waals surface area contributed by atoms with Crippen molar-refractivity contribution in [2.24, 2.45) is 5.92 Å². The Labute approximate surface area is 224 Å². The minimum Gasteiger partial charge on any atom is -0.354 e. The van der Waals surface area contributed by atoms with Crippen molar-refractivity contribution < 1.29 is 14.0 Å². The van der Waals surface area contributed by atoms with E-state index in [0.29, 0.717) is 19.4 Å². The number of aryl methyl sites for hydroxylation is 1. The zero-order valence-corrected chi connectivity index (χ0v) is 22.1. The van der Waals surface area contributed by atoms with E-state index in [9.17, 15) is 14.0 Å². The molecule has 5 heteroatoms. The number of rotatable bonds is 11. The summed E-state index contributed by atoms with van der Waals surface area (Å²) in [5, 5.41) is 5.30. The van der Waals surface area contributed by atoms with Gasteiger partial charge in [0.15, 0.2) is 0 Å². The predicted molar refractivity (Wildman–Crippen MR) is 151 cm³/mol. The summed E-state index contributed by atoms with van der Waals surface area (Å²) in [5.74, 6) is -0.340. The van der Waals surface area contributed by atoms with Crippen molar-refractivity contribution in [2.75, 3.05) is 6.54 Å². The normalized spacial score (nSPS) is 11.9. The standard InChI is InChI=1S/C33H35FN2O2/c1-24(2)22-35-33(38)31(21-25-9-4-3-5-10-25)36(23-26-15-18-29(34)19-16-26)32(37)20-17-28-13-8-12-27-11-6-7-14-30(27)28/h3-16,18-19,24,31H,17,20-23H2,1-2H3,(H,35,38)/t31-/m0/s1. The second kappa shape index (κ2) is 13.0. The maximum atomic E-state index is 13.9. The second-order valence-electron chi connectivity index (χ2n) is 10.1. The molecule has 0 radical (unpaired) electrons. The summed E-state index contributed by atoms with van der Waals surface area (Å²) in [6, 6.07) is 29.5. The van der Waals surface area contributed by atoms with Crippen molar-refractivity contribution in [3.8, 4) is 0 Å². The first-order valence-electron chi connectivity index (χ1n) is 13.2. The third kappa shape index (κ3) is 7.28. The van der Waals surface area contributed by atoms with Crippen LogP contribution in [-0.2, 0) is 29.0 Å². The average molecular weight is 511 g/mol. The van der Waals surface area contributed by atoms with Crippen molar-refractivity contribution in [3.05, 3.63) is 120 Å². The van der Waals surface area contributed by atoms with E-state index < -0.39 is 6.04 Å². The van der Waals surface area contributed by atoms with Crippen molar-refractivity contribution in [1.82, 2.24) is 10.2 Å². The smallest absolute Gasteiger partial charge is 0.243 e. The highest BCUT2D eigenvalue weighted by Crippen LogP contribution is 2.22. The molecule has 0 bridgehead atoms. The van der Waals surface area contributed by atoms with Gasteiger partial charge in [0.1, 0.15) is 11.9 Å². The molecule has 0 saturated heterocycles. The van der Waals surface area contributed by atoms with E-state index in [-0.39, 0.29) is 36.5 Å². The number of hydrogen-bond donors (Lipinski definition) is 1. The van der Waals surface area contributed by atoms with Crippen molar-refractivity contribution in [3.63, 3.8) is 0 Å². The highest BCUT2D eigenvalue weighted by molar-refractivity contribution is 5.89. The number of fused-ring (bicyclic) bond motifs is 1. The minimum atomic E-state index is -0.693. The van der Waals surface area contributed by atoms with Gasteiger partial charge in [-0.1, -0.05) is 98.8 Å². The van der Waals surface area contributed by atoms with Gasteiger partial charge in [-0.3, -0.25) is 9.59 Å². The van der Waals surface area contributed by atoms with Crippen LogP contribution < -0.4 is 5.32 Å². The Kier molecular flexibility index (Phi) is 9.26. The molecule has 0 unspecified atom stereocenters. The van der Waals surface area contributed by atoms with Crippen LogP contribution >= 0.6 is 0 Å². The molecule has 0 spiro atoms. The Morgan fingerprint density at radius 2 is 1.50 bits per heavy atom. The molecule has 0 aliphatic carbocycles. The molecule has 2 amide bonds. The van der Waals surface area contributed by atoms with Crippen LogP contribution in [0.4, 0.5) is 4.39 Å². The number of nitrogens with one attached hydrogen (secondary N) is 1. The van der Waals surface area contributed by atoms with E-state index in [0.717, 1.165) is 27.5 Å². The van der Waals surface area contributed by atoms with E-state index in [1.165, 1.54) is 12.1 Å². The first kappa shape index (κ1) is 27.1. The largest absolute Gasteiger partial charge is 0.354 e. The lowest BCUT2D eigenvalue weighted by molar-refractivity contribution is -0.141. The fourth-order valence-corrected chi connectivity index (χ4v) is 4.66. The van der Waals surface area contributed by atoms with E-state index in [4.69, 9.17) is 0 Å². The Balaban J connectivity index is 1.63. The molecule has 1 atom stereocenters. The number of amides is 2. The van der Waals surface area contributed by atoms with Gasteiger partial charge in [0, 0.05) is 25.9 Å². The van der Waals surface area contributed by atoms with Crippen molar-refractivity contribution in [2.45, 2.75) is 45.7 Å². The SMILES string of the molecule is CC(C)CNC(=O)[C@H](Cc1ccccc1)N(Cc1ccc(F)cc1)C(=O)CCc1cccc2ccccc12. The maximum absolute atomic E-state index is 13.9. The summed E-state index contributed by atoms with van der Waals surface area (Å²) < 4.78 is 13.6. The predicted octanol–water partition coefficient (Wildman–Crippen LogP) is 6.32. The zero-order chi connectivity index (χ0) is 26.9. The molecule has 0 saturated carbocycles. The van der Waals surface area contributed by atoms with Gasteiger partial charge in [0.05, 0.1) is 0 Å². The van der Waals surface area contributed by atoms with Gasteiger partial charge in [-0.2, -0.15) is 0 Å². The molecule has 0 fully saturated rings. The Bertz CT molecular complexity index is 1350. The lowest BCUT2D eigenvalue weighted by Gasteiger charge is -2.32. The van der Waals surface area contributed by atoms with Gasteiger partial charge in [-0.05, 0) is 51.9 Å². The summed E-state index contributed by atoms with van der Waals surface area (Å²) in [7, 11) is 0. The summed E-state index contributed by atoms with van der Waals surface area (Å²) in [6.45, 7) is 4.83. The number of benzene rings is 4. The van der Waals surface area contributed by atoms with Crippen LogP contribution in [0.5, 0.6) is 0 Å². The first-order chi connectivity index (χ1) is 18.4. The molecule has 0 aliphatic rings. The van der Waals surface area contributed by atoms with Crippen LogP contribution in [0.25, 0.3) is 10.8 Å². The molecular weight excluding hydrogens is 475 g/mol. The van der Waals surface area contributed by atoms with Gasteiger partial charge in [-0.15, -0.1) is 0 Å². The Morgan fingerprint density at radius 3 is 2.24 bits per heavy atom. The number of halogens is 1. The monoisotopic (exact) mass is 510 g/mol. The summed E-state index contributed by atoms with van der Waals surface area (Å²) in [6.07, 6.45) is 1.22. The molecule has 4 aromatic carbocycles. The quantitative estimate of drug-likeness (QED) is 0.257. The van der Waals surface area contributed by atoms with Crippen LogP contribution in [-0.4, -0.2) is 29.3 Å². The molecule has 1 N–H and O–H groups in total. The third-order valence-electron chi connectivity index (χ3n) is 6.71. The molecule has 4 rings (SSSR count). The van der Waals surface area contributed by atoms with Gasteiger partial charge in [0.25, 0.3) is 0 Å². The fraction of sp³-hybridized carbons (Fsp3) is 0.273. The molecule has 0 aliphatic heterocycles. The third-order valence-corrected chi connectivity index (χ3v) is 6.71. The van der Waals surface area contributed by atoms with Crippen LogP contribution in [0.3, 0.4) is 0 Å². The van der Waals surface area contributed by atoms with E-state index in [1.807, 2.05) is 62.4 Å². The zero-order valence-electron chi connectivity index (χ0n) is 22.1. The molecule has 196 valence electrons. The highest BCUT2D eigenvalue weighted by atomic mass is 19.1. The molecule has 38 heavy (non-hydrogen) atoms. The van der Waals surface area contributed by atoms with Crippen LogP contribution in [0, 0.1) is 11.7 Å². The van der Waals surface area contributed by atoms with Crippen molar-refractivity contribution in [1.29, 1.82) is 0 Å². The van der Waals surface area contributed by atoms with E-state index >= 15 is 0 Å². The Hall–Kier alpha value is -3.99. The molecule has 0 heterocycles. The number of carbonyl (C=O) groups is 2. The van der Waals surface area contributed by atoms with E-state index in [1.54, 1.807) is 17.0 Å². The topological polar surface area (TPSA) is 49.4 Å². The highest BCUT2D eigenvalue weighted by Gasteiger charge is 2.30. The van der Waals surface area contributed by atoms with Gasteiger partial charge < -0.3 is 10.2 Å². The number of nitrogens with zero attached hydrogens (tertiary/aromatic N) is 1. The van der Waals surface area contributed by atoms with Gasteiger partial charge >= 0.3 is 0 Å². The maximum Gasteiger partial charge on any atom is 0.243 e. The van der Waals surface area contributed by atoms with E-state index in [2.05, 4.69) is 29.6 Å². The lowest BCUT2D eigenvalue weighted by atomic mass is 9.99. The molecule has 4 aromatic rings. The number of carbonyl (C=O) groups excluding carboxylic acids is 2. The molecule has 4 nitrogen and oxygen atoms in total. The summed E-state index contributed by atoms with van der Waals surface area (Å²) in [5.41, 5.74) is 2.85. The van der Waals surface area contributed by atoms with Crippen molar-refractivity contribution >= 4 is 22.6 Å². The second-order valence-corrected chi connectivity index (χ2v) is 10.1. The first-order valence-corrected chi connectivity index (χ1v) is 13.2.